The Hall–Kier alpha value is -4.13. The largest absolute Gasteiger partial charge is 0.497 e. The third-order valence-electron chi connectivity index (χ3n) is 4.81. The van der Waals surface area contributed by atoms with E-state index in [1.165, 1.54) is 42.0 Å². The first kappa shape index (κ1) is 23.0. The molecule has 0 spiro atoms. The Morgan fingerprint density at radius 3 is 2.38 bits per heavy atom. The van der Waals surface area contributed by atoms with E-state index in [2.05, 4.69) is 4.98 Å². The highest BCUT2D eigenvalue weighted by Gasteiger charge is 2.23. The van der Waals surface area contributed by atoms with E-state index in [1.54, 1.807) is 48.5 Å². The van der Waals surface area contributed by atoms with Gasteiger partial charge in [0.15, 0.2) is 0 Å². The normalized spacial score (nSPS) is 11.7. The SMILES string of the molecule is COc1ccc(Oc2nc3ccccn3c(=O)c2C=C(C#N)S(=O)(=O)c2ccc(Cl)cc2)cc1. The number of halogens is 1. The van der Waals surface area contributed by atoms with Crippen molar-refractivity contribution in [2.75, 3.05) is 7.11 Å². The van der Waals surface area contributed by atoms with Gasteiger partial charge in [-0.05, 0) is 66.7 Å². The molecule has 0 amide bonds. The second-order valence-corrected chi connectivity index (χ2v) is 9.27. The van der Waals surface area contributed by atoms with Gasteiger partial charge in [0.1, 0.15) is 33.7 Å². The molecule has 8 nitrogen and oxygen atoms in total. The number of ether oxygens (including phenoxy) is 2. The van der Waals surface area contributed by atoms with Crippen molar-refractivity contribution in [1.29, 1.82) is 5.26 Å². The van der Waals surface area contributed by atoms with Gasteiger partial charge in [0.2, 0.25) is 15.7 Å². The molecule has 0 bridgehead atoms. The molecule has 0 aliphatic rings. The molecule has 0 saturated carbocycles. The van der Waals surface area contributed by atoms with Crippen LogP contribution in [0.15, 0.2) is 87.5 Å². The highest BCUT2D eigenvalue weighted by Crippen LogP contribution is 2.28. The molecule has 0 radical (unpaired) electrons. The number of pyridine rings is 1. The van der Waals surface area contributed by atoms with E-state index in [0.29, 0.717) is 16.5 Å². The molecule has 2 heterocycles. The number of rotatable bonds is 6. The maximum Gasteiger partial charge on any atom is 0.269 e. The quantitative estimate of drug-likeness (QED) is 0.364. The molecule has 170 valence electrons. The number of hydrogen-bond donors (Lipinski definition) is 0. The summed E-state index contributed by atoms with van der Waals surface area (Å²) in [7, 11) is -2.72. The monoisotopic (exact) mass is 493 g/mol. The molecule has 0 N–H and O–H groups in total. The second-order valence-electron chi connectivity index (χ2n) is 6.92. The van der Waals surface area contributed by atoms with Crippen LogP contribution in [0.3, 0.4) is 0 Å². The first-order valence-electron chi connectivity index (χ1n) is 9.79. The van der Waals surface area contributed by atoms with Crippen molar-refractivity contribution in [1.82, 2.24) is 9.38 Å². The van der Waals surface area contributed by atoms with E-state index < -0.39 is 20.3 Å². The van der Waals surface area contributed by atoms with E-state index in [-0.39, 0.29) is 22.0 Å². The summed E-state index contributed by atoms with van der Waals surface area (Å²) >= 11 is 5.85. The Bertz CT molecular complexity index is 1600. The zero-order valence-corrected chi connectivity index (χ0v) is 19.2. The number of aromatic nitrogens is 2. The lowest BCUT2D eigenvalue weighted by Crippen LogP contribution is -2.19. The fourth-order valence-electron chi connectivity index (χ4n) is 3.08. The van der Waals surface area contributed by atoms with Crippen molar-refractivity contribution in [3.8, 4) is 23.4 Å². The van der Waals surface area contributed by atoms with Crippen molar-refractivity contribution in [3.63, 3.8) is 0 Å². The minimum absolute atomic E-state index is 0.142. The van der Waals surface area contributed by atoms with Crippen LogP contribution in [0, 0.1) is 11.3 Å². The summed E-state index contributed by atoms with van der Waals surface area (Å²) in [6, 6.07) is 18.5. The second kappa shape index (κ2) is 9.39. The molecule has 10 heteroatoms. The van der Waals surface area contributed by atoms with Gasteiger partial charge in [-0.2, -0.15) is 10.2 Å². The number of fused-ring (bicyclic) bond motifs is 1. The topological polar surface area (TPSA) is 111 Å². The van der Waals surface area contributed by atoms with E-state index >= 15 is 0 Å². The van der Waals surface area contributed by atoms with Gasteiger partial charge in [-0.1, -0.05) is 17.7 Å². The van der Waals surface area contributed by atoms with E-state index in [1.807, 2.05) is 0 Å². The Kier molecular flexibility index (Phi) is 6.36. The van der Waals surface area contributed by atoms with Crippen LogP contribution in [-0.2, 0) is 9.84 Å². The lowest BCUT2D eigenvalue weighted by atomic mass is 10.2. The number of allylic oxidation sites excluding steroid dienone is 1. The third kappa shape index (κ3) is 4.50. The molecule has 0 atom stereocenters. The molecule has 0 aliphatic heterocycles. The van der Waals surface area contributed by atoms with Gasteiger partial charge < -0.3 is 9.47 Å². The van der Waals surface area contributed by atoms with Crippen molar-refractivity contribution in [2.24, 2.45) is 0 Å². The molecular formula is C24H16ClN3O5S. The molecule has 4 rings (SSSR count). The lowest BCUT2D eigenvalue weighted by molar-refractivity contribution is 0.412. The average molecular weight is 494 g/mol. The highest BCUT2D eigenvalue weighted by atomic mass is 35.5. The zero-order valence-electron chi connectivity index (χ0n) is 17.7. The first-order valence-corrected chi connectivity index (χ1v) is 11.7. The fraction of sp³-hybridized carbons (Fsp3) is 0.0417. The number of benzene rings is 2. The maximum absolute atomic E-state index is 13.3. The number of hydrogen-bond acceptors (Lipinski definition) is 7. The molecule has 0 fully saturated rings. The van der Waals surface area contributed by atoms with Crippen LogP contribution in [0.2, 0.25) is 5.02 Å². The van der Waals surface area contributed by atoms with E-state index in [0.717, 1.165) is 6.08 Å². The van der Waals surface area contributed by atoms with Gasteiger partial charge in [-0.15, -0.1) is 0 Å². The number of sulfone groups is 1. The van der Waals surface area contributed by atoms with E-state index in [4.69, 9.17) is 21.1 Å². The molecule has 2 aromatic carbocycles. The molecular weight excluding hydrogens is 478 g/mol. The Balaban J connectivity index is 1.90. The van der Waals surface area contributed by atoms with Crippen LogP contribution < -0.4 is 15.0 Å². The summed E-state index contributed by atoms with van der Waals surface area (Å²) in [5.41, 5.74) is -0.519. The van der Waals surface area contributed by atoms with Gasteiger partial charge >= 0.3 is 0 Å². The van der Waals surface area contributed by atoms with Crippen LogP contribution in [0.1, 0.15) is 5.56 Å². The van der Waals surface area contributed by atoms with Crippen LogP contribution in [0.4, 0.5) is 0 Å². The molecule has 0 aliphatic carbocycles. The zero-order chi connectivity index (χ0) is 24.3. The summed E-state index contributed by atoms with van der Waals surface area (Å²) in [6.07, 6.45) is 2.45. The van der Waals surface area contributed by atoms with Crippen molar-refractivity contribution in [3.05, 3.63) is 98.8 Å². The van der Waals surface area contributed by atoms with Crippen molar-refractivity contribution in [2.45, 2.75) is 4.90 Å². The molecule has 4 aromatic rings. The van der Waals surface area contributed by atoms with Crippen LogP contribution >= 0.6 is 11.6 Å². The Morgan fingerprint density at radius 2 is 1.74 bits per heavy atom. The molecule has 0 saturated heterocycles. The fourth-order valence-corrected chi connectivity index (χ4v) is 4.35. The first-order chi connectivity index (χ1) is 16.3. The number of methoxy groups -OCH3 is 1. The summed E-state index contributed by atoms with van der Waals surface area (Å²) in [5.74, 6) is 0.780. The van der Waals surface area contributed by atoms with Crippen molar-refractivity contribution < 1.29 is 17.9 Å². The van der Waals surface area contributed by atoms with Gasteiger partial charge in [0, 0.05) is 11.2 Å². The van der Waals surface area contributed by atoms with Crippen LogP contribution in [-0.4, -0.2) is 24.9 Å². The number of nitrogens with zero attached hydrogens (tertiary/aromatic N) is 3. The summed E-state index contributed by atoms with van der Waals surface area (Å²) in [6.45, 7) is 0. The van der Waals surface area contributed by atoms with Crippen LogP contribution in [0.5, 0.6) is 17.4 Å². The average Bonchev–Trinajstić information content (AvgIpc) is 2.84. The Labute approximate surface area is 199 Å². The minimum Gasteiger partial charge on any atom is -0.497 e. The predicted octanol–water partition coefficient (Wildman–Crippen LogP) is 4.49. The van der Waals surface area contributed by atoms with Crippen LogP contribution in [0.25, 0.3) is 11.7 Å². The third-order valence-corrected chi connectivity index (χ3v) is 6.74. The summed E-state index contributed by atoms with van der Waals surface area (Å²) in [5, 5.41) is 10.0. The smallest absolute Gasteiger partial charge is 0.269 e. The minimum atomic E-state index is -4.24. The molecule has 2 aromatic heterocycles. The van der Waals surface area contributed by atoms with Gasteiger partial charge in [0.25, 0.3) is 5.56 Å². The van der Waals surface area contributed by atoms with Gasteiger partial charge in [-0.3, -0.25) is 9.20 Å². The number of nitriles is 1. The maximum atomic E-state index is 13.3. The van der Waals surface area contributed by atoms with Gasteiger partial charge in [-0.25, -0.2) is 8.42 Å². The Morgan fingerprint density at radius 1 is 1.06 bits per heavy atom. The highest BCUT2D eigenvalue weighted by molar-refractivity contribution is 7.95. The predicted molar refractivity (Wildman–Crippen MR) is 127 cm³/mol. The summed E-state index contributed by atoms with van der Waals surface area (Å²) in [4.78, 5) is 16.8. The molecule has 0 unspecified atom stereocenters. The lowest BCUT2D eigenvalue weighted by Gasteiger charge is -2.11. The standard InChI is InChI=1S/C24H16ClN3O5S/c1-32-17-7-9-18(10-8-17)33-23-21(24(29)28-13-3-2-4-22(28)27-23)14-20(15-26)34(30,31)19-11-5-16(25)6-12-19/h2-14H,1H3. The summed E-state index contributed by atoms with van der Waals surface area (Å²) < 4.78 is 38.3. The van der Waals surface area contributed by atoms with E-state index in [9.17, 15) is 18.5 Å². The van der Waals surface area contributed by atoms with Gasteiger partial charge in [0.05, 0.1) is 12.0 Å². The molecule has 34 heavy (non-hydrogen) atoms. The van der Waals surface area contributed by atoms with Crippen molar-refractivity contribution >= 4 is 33.2 Å².